The predicted molar refractivity (Wildman–Crippen MR) is 78.9 cm³/mol. The monoisotopic (exact) mass is 289 g/mol. The van der Waals surface area contributed by atoms with Crippen molar-refractivity contribution in [1.29, 1.82) is 0 Å². The van der Waals surface area contributed by atoms with E-state index in [-0.39, 0.29) is 5.56 Å². The maximum Gasteiger partial charge on any atom is 0.258 e. The number of aromatic nitrogens is 1. The minimum atomic E-state index is -0.583. The van der Waals surface area contributed by atoms with E-state index in [0.717, 1.165) is 0 Å². The number of anilines is 2. The minimum Gasteiger partial charge on any atom is -0.478 e. The van der Waals surface area contributed by atoms with E-state index in [1.165, 1.54) is 18.3 Å². The van der Waals surface area contributed by atoms with Gasteiger partial charge in [0.15, 0.2) is 0 Å². The molecule has 1 aromatic heterocycles. The highest BCUT2D eigenvalue weighted by molar-refractivity contribution is 6.05. The molecule has 0 radical (unpaired) electrons. The summed E-state index contributed by atoms with van der Waals surface area (Å²) in [5.41, 5.74) is 6.65. The average Bonchev–Trinajstić information content (AvgIpc) is 2.45. The van der Waals surface area contributed by atoms with Gasteiger partial charge in [-0.1, -0.05) is 0 Å². The highest BCUT2D eigenvalue weighted by atomic mass is 19.1. The second-order valence-corrected chi connectivity index (χ2v) is 4.47. The van der Waals surface area contributed by atoms with E-state index >= 15 is 0 Å². The molecule has 0 atom stereocenters. The molecule has 1 amide bonds. The summed E-state index contributed by atoms with van der Waals surface area (Å²) in [5, 5.41) is 2.57. The molecule has 1 aromatic carbocycles. The van der Waals surface area contributed by atoms with Crippen molar-refractivity contribution in [1.82, 2.24) is 4.98 Å². The Labute approximate surface area is 121 Å². The van der Waals surface area contributed by atoms with Crippen LogP contribution in [0.3, 0.4) is 0 Å². The molecule has 0 aliphatic rings. The lowest BCUT2D eigenvalue weighted by Gasteiger charge is -2.09. The van der Waals surface area contributed by atoms with Gasteiger partial charge < -0.3 is 15.8 Å². The summed E-state index contributed by atoms with van der Waals surface area (Å²) in [5.74, 6) is -0.698. The number of amides is 1. The molecule has 0 saturated heterocycles. The van der Waals surface area contributed by atoms with Gasteiger partial charge in [-0.3, -0.25) is 4.79 Å². The molecule has 5 nitrogen and oxygen atoms in total. The molecule has 3 N–H and O–H groups in total. The quantitative estimate of drug-likeness (QED) is 0.848. The molecule has 6 heteroatoms. The van der Waals surface area contributed by atoms with Gasteiger partial charge in [-0.15, -0.1) is 0 Å². The molecule has 0 spiro atoms. The second-order valence-electron chi connectivity index (χ2n) is 4.47. The topological polar surface area (TPSA) is 77.2 Å². The van der Waals surface area contributed by atoms with Crippen molar-refractivity contribution in [3.63, 3.8) is 0 Å². The number of ether oxygens (including phenoxy) is 1. The lowest BCUT2D eigenvalue weighted by molar-refractivity contribution is 0.102. The zero-order valence-corrected chi connectivity index (χ0v) is 11.8. The summed E-state index contributed by atoms with van der Waals surface area (Å²) in [4.78, 5) is 16.1. The number of nitrogen functional groups attached to an aromatic ring is 1. The highest BCUT2D eigenvalue weighted by Gasteiger charge is 2.15. The van der Waals surface area contributed by atoms with E-state index in [0.29, 0.717) is 29.4 Å². The first-order valence-corrected chi connectivity index (χ1v) is 6.47. The molecule has 0 fully saturated rings. The molecule has 2 aromatic rings. The standard InChI is InChI=1S/C15H16FN3O2/c1-3-21-13-5-4-11(8-18-13)19-15(20)12-7-10(17)6-9(2)14(12)16/h4-8H,3,17H2,1-2H3,(H,19,20). The first-order valence-electron chi connectivity index (χ1n) is 6.47. The number of nitrogens with two attached hydrogens (primary N) is 1. The van der Waals surface area contributed by atoms with Crippen LogP contribution in [-0.2, 0) is 0 Å². The van der Waals surface area contributed by atoms with Gasteiger partial charge in [0.25, 0.3) is 5.91 Å². The Morgan fingerprint density at radius 3 is 2.81 bits per heavy atom. The Bertz CT molecular complexity index is 657. The van der Waals surface area contributed by atoms with Crippen LogP contribution in [0.25, 0.3) is 0 Å². The number of nitrogens with one attached hydrogen (secondary N) is 1. The van der Waals surface area contributed by atoms with Gasteiger partial charge >= 0.3 is 0 Å². The number of aryl methyl sites for hydroxylation is 1. The first-order chi connectivity index (χ1) is 10.0. The van der Waals surface area contributed by atoms with Gasteiger partial charge in [0.2, 0.25) is 5.88 Å². The third kappa shape index (κ3) is 3.47. The number of hydrogen-bond acceptors (Lipinski definition) is 4. The number of carbonyl (C=O) groups is 1. The smallest absolute Gasteiger partial charge is 0.258 e. The fourth-order valence-corrected chi connectivity index (χ4v) is 1.85. The average molecular weight is 289 g/mol. The molecule has 0 aliphatic heterocycles. The highest BCUT2D eigenvalue weighted by Crippen LogP contribution is 2.19. The fourth-order valence-electron chi connectivity index (χ4n) is 1.85. The number of benzene rings is 1. The Morgan fingerprint density at radius 2 is 2.19 bits per heavy atom. The van der Waals surface area contributed by atoms with Crippen LogP contribution < -0.4 is 15.8 Å². The van der Waals surface area contributed by atoms with Crippen LogP contribution in [0.2, 0.25) is 0 Å². The second kappa shape index (κ2) is 6.21. The number of hydrogen-bond donors (Lipinski definition) is 2. The van der Waals surface area contributed by atoms with E-state index < -0.39 is 11.7 Å². The van der Waals surface area contributed by atoms with Crippen LogP contribution in [0.1, 0.15) is 22.8 Å². The maximum absolute atomic E-state index is 13.9. The van der Waals surface area contributed by atoms with Crippen molar-refractivity contribution < 1.29 is 13.9 Å². The number of nitrogens with zero attached hydrogens (tertiary/aromatic N) is 1. The van der Waals surface area contributed by atoms with Crippen molar-refractivity contribution in [3.05, 3.63) is 47.4 Å². The minimum absolute atomic E-state index is 0.0959. The molecular formula is C15H16FN3O2. The van der Waals surface area contributed by atoms with Crippen molar-refractivity contribution >= 4 is 17.3 Å². The Morgan fingerprint density at radius 1 is 1.43 bits per heavy atom. The van der Waals surface area contributed by atoms with Crippen molar-refractivity contribution in [2.24, 2.45) is 0 Å². The summed E-state index contributed by atoms with van der Waals surface area (Å²) < 4.78 is 19.1. The summed E-state index contributed by atoms with van der Waals surface area (Å²) in [7, 11) is 0. The van der Waals surface area contributed by atoms with Gasteiger partial charge in [-0.05, 0) is 37.6 Å². The Balaban J connectivity index is 2.18. The van der Waals surface area contributed by atoms with Crippen LogP contribution in [0.4, 0.5) is 15.8 Å². The molecule has 0 aliphatic carbocycles. The molecule has 0 unspecified atom stereocenters. The van der Waals surface area contributed by atoms with Crippen LogP contribution in [0, 0.1) is 12.7 Å². The molecule has 2 rings (SSSR count). The SMILES string of the molecule is CCOc1ccc(NC(=O)c2cc(N)cc(C)c2F)cn1. The van der Waals surface area contributed by atoms with Gasteiger partial charge in [0.05, 0.1) is 24.1 Å². The van der Waals surface area contributed by atoms with E-state index in [2.05, 4.69) is 10.3 Å². The normalized spacial score (nSPS) is 10.2. The van der Waals surface area contributed by atoms with E-state index in [1.807, 2.05) is 6.92 Å². The van der Waals surface area contributed by atoms with Crippen LogP contribution in [0.5, 0.6) is 5.88 Å². The number of rotatable bonds is 4. The zero-order valence-electron chi connectivity index (χ0n) is 11.8. The van der Waals surface area contributed by atoms with Crippen LogP contribution in [-0.4, -0.2) is 17.5 Å². The summed E-state index contributed by atoms with van der Waals surface area (Å²) >= 11 is 0. The van der Waals surface area contributed by atoms with Gasteiger partial charge in [0.1, 0.15) is 5.82 Å². The van der Waals surface area contributed by atoms with E-state index in [9.17, 15) is 9.18 Å². The summed E-state index contributed by atoms with van der Waals surface area (Å²) in [6, 6.07) is 6.04. The first kappa shape index (κ1) is 14.8. The van der Waals surface area contributed by atoms with Gasteiger partial charge in [0, 0.05) is 11.8 Å². The van der Waals surface area contributed by atoms with Gasteiger partial charge in [-0.25, -0.2) is 9.37 Å². The molecule has 110 valence electrons. The molecular weight excluding hydrogens is 273 g/mol. The van der Waals surface area contributed by atoms with E-state index in [1.54, 1.807) is 19.1 Å². The lowest BCUT2D eigenvalue weighted by Crippen LogP contribution is -2.15. The zero-order chi connectivity index (χ0) is 15.4. The van der Waals surface area contributed by atoms with Crippen LogP contribution >= 0.6 is 0 Å². The largest absolute Gasteiger partial charge is 0.478 e. The number of carbonyl (C=O) groups excluding carboxylic acids is 1. The Kier molecular flexibility index (Phi) is 4.37. The van der Waals surface area contributed by atoms with Crippen molar-refractivity contribution in [3.8, 4) is 5.88 Å². The molecule has 21 heavy (non-hydrogen) atoms. The van der Waals surface area contributed by atoms with Gasteiger partial charge in [-0.2, -0.15) is 0 Å². The van der Waals surface area contributed by atoms with Crippen molar-refractivity contribution in [2.75, 3.05) is 17.7 Å². The fraction of sp³-hybridized carbons (Fsp3) is 0.200. The third-order valence-corrected chi connectivity index (χ3v) is 2.81. The lowest BCUT2D eigenvalue weighted by atomic mass is 10.1. The van der Waals surface area contributed by atoms with Crippen LogP contribution in [0.15, 0.2) is 30.5 Å². The number of halogens is 1. The summed E-state index contributed by atoms with van der Waals surface area (Å²) in [6.45, 7) is 3.91. The predicted octanol–water partition coefficient (Wildman–Crippen LogP) is 2.76. The summed E-state index contributed by atoms with van der Waals surface area (Å²) in [6.07, 6.45) is 1.44. The molecule has 1 heterocycles. The third-order valence-electron chi connectivity index (χ3n) is 2.81. The Hall–Kier alpha value is -2.63. The maximum atomic E-state index is 13.9. The van der Waals surface area contributed by atoms with E-state index in [4.69, 9.17) is 10.5 Å². The van der Waals surface area contributed by atoms with Crippen molar-refractivity contribution in [2.45, 2.75) is 13.8 Å². The molecule has 0 saturated carbocycles. The number of pyridine rings is 1. The molecule has 0 bridgehead atoms.